The average molecular weight is 352 g/mol. The first-order chi connectivity index (χ1) is 11.8. The smallest absolute Gasteiger partial charge is 0.338 e. The molecule has 1 aliphatic heterocycles. The van der Waals surface area contributed by atoms with Crippen LogP contribution in [0.4, 0.5) is 0 Å². The van der Waals surface area contributed by atoms with Gasteiger partial charge in [0, 0.05) is 13.8 Å². The van der Waals surface area contributed by atoms with Gasteiger partial charge in [-0.2, -0.15) is 0 Å². The maximum Gasteiger partial charge on any atom is 0.338 e. The van der Waals surface area contributed by atoms with Gasteiger partial charge in [-0.15, -0.1) is 0 Å². The van der Waals surface area contributed by atoms with Gasteiger partial charge in [0.1, 0.15) is 18.3 Å². The molecule has 8 heteroatoms. The van der Waals surface area contributed by atoms with Gasteiger partial charge in [-0.05, 0) is 19.1 Å². The molecule has 0 saturated carbocycles. The zero-order valence-electron chi connectivity index (χ0n) is 14.1. The largest absolute Gasteiger partial charge is 0.456 e. The fraction of sp³-hybridized carbons (Fsp3) is 0.471. The second kappa shape index (κ2) is 8.09. The quantitative estimate of drug-likeness (QED) is 0.613. The first-order valence-electron chi connectivity index (χ1n) is 7.73. The summed E-state index contributed by atoms with van der Waals surface area (Å²) in [5.74, 6) is -1.92. The highest BCUT2D eigenvalue weighted by atomic mass is 16.7. The van der Waals surface area contributed by atoms with Crippen LogP contribution in [0.3, 0.4) is 0 Å². The van der Waals surface area contributed by atoms with Crippen LogP contribution in [0.2, 0.25) is 0 Å². The molecule has 1 saturated heterocycles. The molecule has 0 bridgehead atoms. The molecule has 1 unspecified atom stereocenters. The van der Waals surface area contributed by atoms with E-state index in [1.165, 1.54) is 6.92 Å². The van der Waals surface area contributed by atoms with Gasteiger partial charge in [0.25, 0.3) is 0 Å². The van der Waals surface area contributed by atoms with E-state index in [9.17, 15) is 19.5 Å². The van der Waals surface area contributed by atoms with Crippen molar-refractivity contribution >= 4 is 17.9 Å². The number of benzene rings is 1. The Morgan fingerprint density at radius 1 is 1.08 bits per heavy atom. The molecule has 2 rings (SSSR count). The Labute approximate surface area is 144 Å². The summed E-state index contributed by atoms with van der Waals surface area (Å²) in [7, 11) is 0. The summed E-state index contributed by atoms with van der Waals surface area (Å²) < 4.78 is 20.6. The van der Waals surface area contributed by atoms with Gasteiger partial charge in [0.05, 0.1) is 5.56 Å². The number of aliphatic hydroxyl groups excluding tert-OH is 1. The van der Waals surface area contributed by atoms with Crippen LogP contribution in [0.5, 0.6) is 0 Å². The second-order valence-corrected chi connectivity index (χ2v) is 5.62. The lowest BCUT2D eigenvalue weighted by Crippen LogP contribution is -2.41. The van der Waals surface area contributed by atoms with Gasteiger partial charge < -0.3 is 24.1 Å². The van der Waals surface area contributed by atoms with Crippen molar-refractivity contribution in [2.75, 3.05) is 0 Å². The first-order valence-corrected chi connectivity index (χ1v) is 7.73. The van der Waals surface area contributed by atoms with E-state index in [-0.39, 0.29) is 0 Å². The first kappa shape index (κ1) is 18.9. The molecule has 1 aliphatic rings. The lowest BCUT2D eigenvalue weighted by molar-refractivity contribution is -0.198. The molecule has 0 aliphatic carbocycles. The van der Waals surface area contributed by atoms with E-state index in [0.29, 0.717) is 5.56 Å². The van der Waals surface area contributed by atoms with Crippen LogP contribution in [-0.2, 0) is 28.5 Å². The molecule has 1 N–H and O–H groups in total. The Balaban J connectivity index is 2.08. The van der Waals surface area contributed by atoms with Gasteiger partial charge >= 0.3 is 17.9 Å². The lowest BCUT2D eigenvalue weighted by Gasteiger charge is -2.22. The molecule has 25 heavy (non-hydrogen) atoms. The van der Waals surface area contributed by atoms with Crippen molar-refractivity contribution in [2.45, 2.75) is 51.5 Å². The van der Waals surface area contributed by atoms with Gasteiger partial charge in [-0.25, -0.2) is 4.79 Å². The highest BCUT2D eigenvalue weighted by Crippen LogP contribution is 2.28. The third kappa shape index (κ3) is 4.77. The average Bonchev–Trinajstić information content (AvgIpc) is 2.84. The molecule has 1 fully saturated rings. The second-order valence-electron chi connectivity index (χ2n) is 5.62. The predicted octanol–water partition coefficient (Wildman–Crippen LogP) is 0.812. The normalized spacial score (nSPS) is 26.6. The van der Waals surface area contributed by atoms with Crippen molar-refractivity contribution in [3.63, 3.8) is 0 Å². The van der Waals surface area contributed by atoms with Crippen LogP contribution < -0.4 is 0 Å². The van der Waals surface area contributed by atoms with Gasteiger partial charge in [-0.3, -0.25) is 9.59 Å². The molecule has 1 heterocycles. The monoisotopic (exact) mass is 352 g/mol. The number of carbonyl (C=O) groups is 3. The molecule has 136 valence electrons. The number of esters is 3. The van der Waals surface area contributed by atoms with Gasteiger partial charge in [0.15, 0.2) is 6.10 Å². The summed E-state index contributed by atoms with van der Waals surface area (Å²) in [6.45, 7) is 3.84. The van der Waals surface area contributed by atoms with Crippen LogP contribution in [0.25, 0.3) is 0 Å². The van der Waals surface area contributed by atoms with Crippen LogP contribution in [0.15, 0.2) is 30.3 Å². The molecule has 1 aromatic carbocycles. The fourth-order valence-electron chi connectivity index (χ4n) is 2.50. The molecule has 0 spiro atoms. The summed E-state index contributed by atoms with van der Waals surface area (Å²) >= 11 is 0. The Kier molecular flexibility index (Phi) is 6.11. The van der Waals surface area contributed by atoms with E-state index >= 15 is 0 Å². The van der Waals surface area contributed by atoms with Crippen LogP contribution >= 0.6 is 0 Å². The number of aliphatic hydroxyl groups is 1. The molecular formula is C17H20O8. The molecule has 1 aromatic rings. The van der Waals surface area contributed by atoms with Crippen LogP contribution in [0.1, 0.15) is 31.1 Å². The van der Waals surface area contributed by atoms with E-state index < -0.39 is 48.6 Å². The maximum atomic E-state index is 12.1. The SMILES string of the molecule is CC(=O)OC1O[C@H]([C@@H](C)OC(=O)c2ccccc2)[C@@H](O)[C@H]1OC(C)=O. The standard InChI is InChI=1S/C17H20O8/c1-9(22-16(21)12-7-5-4-6-8-12)14-13(20)15(23-10(2)18)17(25-14)24-11(3)19/h4-9,13-15,17,20H,1-3H3/t9-,13-,14-,15-,17?/m1/s1. The molecule has 5 atom stereocenters. The van der Waals surface area contributed by atoms with Crippen molar-refractivity contribution in [1.82, 2.24) is 0 Å². The topological polar surface area (TPSA) is 108 Å². The lowest BCUT2D eigenvalue weighted by atomic mass is 10.1. The van der Waals surface area contributed by atoms with Crippen molar-refractivity contribution in [1.29, 1.82) is 0 Å². The van der Waals surface area contributed by atoms with Gasteiger partial charge in [0.2, 0.25) is 6.29 Å². The number of ether oxygens (including phenoxy) is 4. The Morgan fingerprint density at radius 2 is 1.68 bits per heavy atom. The zero-order valence-corrected chi connectivity index (χ0v) is 14.1. The molecule has 0 radical (unpaired) electrons. The Bertz CT molecular complexity index is 629. The summed E-state index contributed by atoms with van der Waals surface area (Å²) in [6.07, 6.45) is -5.71. The summed E-state index contributed by atoms with van der Waals surface area (Å²) in [5, 5.41) is 10.3. The number of hydrogen-bond donors (Lipinski definition) is 1. The summed E-state index contributed by atoms with van der Waals surface area (Å²) in [5.41, 5.74) is 0.343. The van der Waals surface area contributed by atoms with Crippen molar-refractivity contribution in [2.24, 2.45) is 0 Å². The van der Waals surface area contributed by atoms with Crippen molar-refractivity contribution in [3.05, 3.63) is 35.9 Å². The Hall–Kier alpha value is -2.45. The Morgan fingerprint density at radius 3 is 2.24 bits per heavy atom. The molecule has 8 nitrogen and oxygen atoms in total. The number of carbonyl (C=O) groups excluding carboxylic acids is 3. The van der Waals surface area contributed by atoms with Crippen LogP contribution in [-0.4, -0.2) is 53.7 Å². The molecule has 0 amide bonds. The van der Waals surface area contributed by atoms with E-state index in [2.05, 4.69) is 0 Å². The minimum absolute atomic E-state index is 0.343. The van der Waals surface area contributed by atoms with E-state index in [4.69, 9.17) is 18.9 Å². The zero-order chi connectivity index (χ0) is 18.6. The van der Waals surface area contributed by atoms with E-state index in [1.54, 1.807) is 30.3 Å². The maximum absolute atomic E-state index is 12.1. The third-order valence-electron chi connectivity index (χ3n) is 3.58. The highest BCUT2D eigenvalue weighted by molar-refractivity contribution is 5.89. The molecular weight excluding hydrogens is 332 g/mol. The van der Waals surface area contributed by atoms with Crippen LogP contribution in [0, 0.1) is 0 Å². The van der Waals surface area contributed by atoms with Crippen molar-refractivity contribution < 1.29 is 38.4 Å². The van der Waals surface area contributed by atoms with E-state index in [0.717, 1.165) is 13.8 Å². The molecule has 0 aromatic heterocycles. The third-order valence-corrected chi connectivity index (χ3v) is 3.58. The minimum Gasteiger partial charge on any atom is -0.456 e. The summed E-state index contributed by atoms with van der Waals surface area (Å²) in [6, 6.07) is 8.32. The number of hydrogen-bond acceptors (Lipinski definition) is 8. The fourth-order valence-corrected chi connectivity index (χ4v) is 2.50. The predicted molar refractivity (Wildman–Crippen MR) is 83.3 cm³/mol. The van der Waals surface area contributed by atoms with Gasteiger partial charge in [-0.1, -0.05) is 18.2 Å². The number of rotatable bonds is 5. The minimum atomic E-state index is -1.33. The summed E-state index contributed by atoms with van der Waals surface area (Å²) in [4.78, 5) is 34.5. The highest BCUT2D eigenvalue weighted by Gasteiger charge is 2.51. The van der Waals surface area contributed by atoms with Crippen molar-refractivity contribution in [3.8, 4) is 0 Å². The van der Waals surface area contributed by atoms with E-state index in [1.807, 2.05) is 0 Å².